The van der Waals surface area contributed by atoms with E-state index in [9.17, 15) is 0 Å². The first-order chi connectivity index (χ1) is 35.3. The molecule has 0 N–H and O–H groups in total. The molecule has 0 unspecified atom stereocenters. The summed E-state index contributed by atoms with van der Waals surface area (Å²) in [7, 11) is 0. The Morgan fingerprint density at radius 1 is 0.306 bits per heavy atom. The lowest BCUT2D eigenvalue weighted by Gasteiger charge is -2.49. The maximum atomic E-state index is 2.55. The molecule has 12 aromatic rings. The monoisotopic (exact) mass is 920 g/mol. The van der Waals surface area contributed by atoms with Crippen molar-refractivity contribution >= 4 is 77.2 Å². The third-order valence-corrected chi connectivity index (χ3v) is 16.2. The normalized spacial score (nSPS) is 14.0. The molecular weight excluding hydrogens is 869 g/mol. The second-order valence-corrected chi connectivity index (χ2v) is 20.8. The molecule has 72 heavy (non-hydrogen) atoms. The van der Waals surface area contributed by atoms with Gasteiger partial charge in [-0.2, -0.15) is 0 Å². The molecule has 2 heterocycles. The fourth-order valence-corrected chi connectivity index (χ4v) is 12.6. The van der Waals surface area contributed by atoms with E-state index in [0.29, 0.717) is 0 Å². The SMILES string of the molecule is CC1(C)c2ccccc2N2c3ccccc3C(C)(C)c3cc(-c4ccc(-c5ccc(N(c6ccc(-c7ccccc7)cc6)c6cc7ccccc7c7ccccc67)c6ccccc56)c5ccccc45)cc1c32. The highest BCUT2D eigenvalue weighted by molar-refractivity contribution is 6.17. The van der Waals surface area contributed by atoms with Crippen molar-refractivity contribution in [3.8, 4) is 33.4 Å². The molecule has 0 aliphatic carbocycles. The molecule has 0 radical (unpaired) electrons. The lowest BCUT2D eigenvalue weighted by molar-refractivity contribution is 0.598. The van der Waals surface area contributed by atoms with Crippen LogP contribution in [0.1, 0.15) is 49.9 Å². The Kier molecular flexibility index (Phi) is 9.32. The second-order valence-electron chi connectivity index (χ2n) is 20.8. The average Bonchev–Trinajstić information content (AvgIpc) is 3.44. The maximum Gasteiger partial charge on any atom is 0.0546 e. The van der Waals surface area contributed by atoms with Crippen LogP contribution in [0.2, 0.25) is 0 Å². The van der Waals surface area contributed by atoms with E-state index in [1.807, 2.05) is 0 Å². The van der Waals surface area contributed by atoms with Crippen LogP contribution in [0.25, 0.3) is 76.5 Å². The third-order valence-electron chi connectivity index (χ3n) is 16.2. The summed E-state index contributed by atoms with van der Waals surface area (Å²) in [4.78, 5) is 5.04. The maximum absolute atomic E-state index is 2.55. The van der Waals surface area contributed by atoms with E-state index in [0.717, 1.165) is 17.1 Å². The quantitative estimate of drug-likeness (QED) is 0.153. The van der Waals surface area contributed by atoms with Gasteiger partial charge in [-0.05, 0) is 136 Å². The fraction of sp³-hybridized carbons (Fsp3) is 0.0857. The minimum absolute atomic E-state index is 0.219. The Bertz CT molecular complexity index is 4080. The number of para-hydroxylation sites is 2. The van der Waals surface area contributed by atoms with E-state index >= 15 is 0 Å². The van der Waals surface area contributed by atoms with Crippen LogP contribution in [0.3, 0.4) is 0 Å². The van der Waals surface area contributed by atoms with Gasteiger partial charge >= 0.3 is 0 Å². The molecule has 0 fully saturated rings. The van der Waals surface area contributed by atoms with E-state index in [1.54, 1.807) is 0 Å². The number of fused-ring (bicyclic) bond motifs is 9. The van der Waals surface area contributed by atoms with Gasteiger partial charge in [-0.1, -0.05) is 222 Å². The van der Waals surface area contributed by atoms with Crippen LogP contribution in [0.15, 0.2) is 243 Å². The summed E-state index contributed by atoms with van der Waals surface area (Å²) < 4.78 is 0. The first-order valence-electron chi connectivity index (χ1n) is 25.3. The van der Waals surface area contributed by atoms with Crippen molar-refractivity contribution in [2.45, 2.75) is 38.5 Å². The van der Waals surface area contributed by atoms with Gasteiger partial charge in [-0.25, -0.2) is 0 Å². The molecule has 0 saturated carbocycles. The highest BCUT2D eigenvalue weighted by atomic mass is 15.2. The molecule has 0 amide bonds. The van der Waals surface area contributed by atoms with Gasteiger partial charge in [0.15, 0.2) is 0 Å². The second kappa shape index (κ2) is 15.9. The molecule has 14 rings (SSSR count). The van der Waals surface area contributed by atoms with Crippen molar-refractivity contribution < 1.29 is 0 Å². The van der Waals surface area contributed by atoms with Gasteiger partial charge in [-0.15, -0.1) is 0 Å². The average molecular weight is 921 g/mol. The zero-order valence-electron chi connectivity index (χ0n) is 41.0. The molecular formula is C70H52N2. The lowest BCUT2D eigenvalue weighted by atomic mass is 9.65. The highest BCUT2D eigenvalue weighted by Gasteiger charge is 2.45. The standard InChI is InChI=1S/C70H52N2/c1-69(2)60-30-16-18-32-65(60)72-66-33-19-17-31-61(66)70(3,4)63-43-48(42-62(69)68(63)72)51-38-39-56(54-26-11-10-24-52(51)54)57-40-41-64(58-28-14-13-27-55(57)58)71(49-36-34-46(35-37-49)45-20-6-5-7-21-45)67-44-47-22-8-9-23-50(47)53-25-12-15-29-59(53)67/h5-44H,1-4H3. The number of nitrogens with zero attached hydrogens (tertiary/aromatic N) is 2. The molecule has 2 nitrogen and oxygen atoms in total. The van der Waals surface area contributed by atoms with Gasteiger partial charge < -0.3 is 9.80 Å². The fourth-order valence-electron chi connectivity index (χ4n) is 12.6. The largest absolute Gasteiger partial charge is 0.309 e. The summed E-state index contributed by atoms with van der Waals surface area (Å²) in [6, 6.07) is 90.4. The van der Waals surface area contributed by atoms with Gasteiger partial charge in [0.1, 0.15) is 0 Å². The van der Waals surface area contributed by atoms with Crippen molar-refractivity contribution in [1.29, 1.82) is 0 Å². The molecule has 12 aromatic carbocycles. The molecule has 0 saturated heterocycles. The summed E-state index contributed by atoms with van der Waals surface area (Å²) in [6.45, 7) is 9.65. The van der Waals surface area contributed by atoms with E-state index < -0.39 is 0 Å². The van der Waals surface area contributed by atoms with Crippen molar-refractivity contribution in [2.75, 3.05) is 9.80 Å². The van der Waals surface area contributed by atoms with E-state index in [-0.39, 0.29) is 10.8 Å². The Morgan fingerprint density at radius 2 is 0.750 bits per heavy atom. The summed E-state index contributed by atoms with van der Waals surface area (Å²) in [5, 5.41) is 9.81. The van der Waals surface area contributed by atoms with Crippen LogP contribution in [0.5, 0.6) is 0 Å². The van der Waals surface area contributed by atoms with Gasteiger partial charge in [0.05, 0.1) is 28.4 Å². The van der Waals surface area contributed by atoms with Crippen LogP contribution in [-0.4, -0.2) is 0 Å². The van der Waals surface area contributed by atoms with Crippen LogP contribution in [0, 0.1) is 0 Å². The van der Waals surface area contributed by atoms with E-state index in [2.05, 4.69) is 280 Å². The lowest BCUT2D eigenvalue weighted by Crippen LogP contribution is -2.38. The minimum atomic E-state index is -0.219. The number of anilines is 6. The Hall–Kier alpha value is -8.72. The first kappa shape index (κ1) is 42.2. The molecule has 2 aliphatic heterocycles. The molecule has 2 heteroatoms. The molecule has 342 valence electrons. The summed E-state index contributed by atoms with van der Waals surface area (Å²) in [6.07, 6.45) is 0. The number of hydrogen-bond acceptors (Lipinski definition) is 2. The van der Waals surface area contributed by atoms with Gasteiger partial charge in [-0.3, -0.25) is 0 Å². The molecule has 0 atom stereocenters. The summed E-state index contributed by atoms with van der Waals surface area (Å²) in [5.41, 5.74) is 19.6. The van der Waals surface area contributed by atoms with Crippen molar-refractivity contribution in [1.82, 2.24) is 0 Å². The highest BCUT2D eigenvalue weighted by Crippen LogP contribution is 2.61. The smallest absolute Gasteiger partial charge is 0.0546 e. The predicted molar refractivity (Wildman–Crippen MR) is 306 cm³/mol. The van der Waals surface area contributed by atoms with Gasteiger partial charge in [0, 0.05) is 27.3 Å². The molecule has 0 spiro atoms. The van der Waals surface area contributed by atoms with E-state index in [1.165, 1.54) is 116 Å². The van der Waals surface area contributed by atoms with Crippen LogP contribution in [-0.2, 0) is 10.8 Å². The number of rotatable bonds is 6. The van der Waals surface area contributed by atoms with Gasteiger partial charge in [0.25, 0.3) is 0 Å². The van der Waals surface area contributed by atoms with Crippen molar-refractivity contribution in [3.63, 3.8) is 0 Å². The molecule has 0 bridgehead atoms. The van der Waals surface area contributed by atoms with Crippen LogP contribution >= 0.6 is 0 Å². The van der Waals surface area contributed by atoms with Crippen molar-refractivity contribution in [2.24, 2.45) is 0 Å². The van der Waals surface area contributed by atoms with Gasteiger partial charge in [0.2, 0.25) is 0 Å². The third kappa shape index (κ3) is 6.22. The summed E-state index contributed by atoms with van der Waals surface area (Å²) >= 11 is 0. The zero-order valence-corrected chi connectivity index (χ0v) is 41.0. The Morgan fingerprint density at radius 3 is 1.38 bits per heavy atom. The Labute approximate surface area is 421 Å². The number of benzene rings is 12. The van der Waals surface area contributed by atoms with E-state index in [4.69, 9.17) is 0 Å². The van der Waals surface area contributed by atoms with Crippen LogP contribution in [0.4, 0.5) is 34.1 Å². The summed E-state index contributed by atoms with van der Waals surface area (Å²) in [5.74, 6) is 0. The predicted octanol–water partition coefficient (Wildman–Crippen LogP) is 19.5. The molecule has 2 aliphatic rings. The number of hydrogen-bond donors (Lipinski definition) is 0. The Balaban J connectivity index is 0.959. The topological polar surface area (TPSA) is 6.48 Å². The zero-order chi connectivity index (χ0) is 48.3. The molecule has 0 aromatic heterocycles. The minimum Gasteiger partial charge on any atom is -0.309 e. The van der Waals surface area contributed by atoms with Crippen molar-refractivity contribution in [3.05, 3.63) is 265 Å². The van der Waals surface area contributed by atoms with Crippen LogP contribution < -0.4 is 9.80 Å². The first-order valence-corrected chi connectivity index (χ1v) is 25.3.